The van der Waals surface area contributed by atoms with Crippen LogP contribution >= 0.6 is 0 Å². The summed E-state index contributed by atoms with van der Waals surface area (Å²) < 4.78 is 0. The zero-order valence-corrected chi connectivity index (χ0v) is 7.59. The molecule has 0 N–H and O–H groups in total. The van der Waals surface area contributed by atoms with E-state index in [4.69, 9.17) is 0 Å². The fraction of sp³-hybridized carbons (Fsp3) is 0.545. The molecule has 1 nitrogen and oxygen atoms in total. The molecule has 0 aromatic carbocycles. The van der Waals surface area contributed by atoms with E-state index in [0.717, 1.165) is 11.6 Å². The van der Waals surface area contributed by atoms with Crippen LogP contribution in [-0.4, -0.2) is 4.98 Å². The molecule has 0 aliphatic heterocycles. The zero-order valence-electron chi connectivity index (χ0n) is 7.59. The molecular weight excluding hydrogens is 146 g/mol. The lowest BCUT2D eigenvalue weighted by atomic mass is 9.98. The minimum Gasteiger partial charge on any atom is -0.262 e. The van der Waals surface area contributed by atoms with Crippen molar-refractivity contribution in [3.8, 4) is 0 Å². The van der Waals surface area contributed by atoms with Crippen LogP contribution in [0.1, 0.15) is 42.9 Å². The van der Waals surface area contributed by atoms with Crippen LogP contribution in [-0.2, 0) is 0 Å². The van der Waals surface area contributed by atoms with Crippen LogP contribution in [0.4, 0.5) is 0 Å². The van der Waals surface area contributed by atoms with Crippen molar-refractivity contribution in [3.63, 3.8) is 0 Å². The van der Waals surface area contributed by atoms with Crippen LogP contribution in [0.25, 0.3) is 0 Å². The highest BCUT2D eigenvalue weighted by Gasteiger charge is 2.16. The van der Waals surface area contributed by atoms with Crippen LogP contribution in [0, 0.1) is 6.92 Å². The number of aromatic nitrogens is 1. The van der Waals surface area contributed by atoms with Gasteiger partial charge in [0.05, 0.1) is 0 Å². The SMILES string of the molecule is Cc1cc(C2CCCC2)ccn1. The second kappa shape index (κ2) is 3.26. The van der Waals surface area contributed by atoms with Crippen LogP contribution in [0.15, 0.2) is 18.3 Å². The van der Waals surface area contributed by atoms with Gasteiger partial charge in [-0.05, 0) is 43.4 Å². The average molecular weight is 161 g/mol. The molecule has 1 saturated carbocycles. The Morgan fingerprint density at radius 2 is 2.08 bits per heavy atom. The van der Waals surface area contributed by atoms with Crippen molar-refractivity contribution < 1.29 is 0 Å². The van der Waals surface area contributed by atoms with Crippen LogP contribution < -0.4 is 0 Å². The molecule has 2 rings (SSSR count). The molecule has 0 atom stereocenters. The lowest BCUT2D eigenvalue weighted by Gasteiger charge is -2.08. The molecule has 0 saturated heterocycles. The van der Waals surface area contributed by atoms with Crippen molar-refractivity contribution in [1.29, 1.82) is 0 Å². The Bertz CT molecular complexity index is 261. The second-order valence-electron chi connectivity index (χ2n) is 3.71. The maximum atomic E-state index is 4.21. The highest BCUT2D eigenvalue weighted by atomic mass is 14.6. The van der Waals surface area contributed by atoms with Gasteiger partial charge in [-0.25, -0.2) is 0 Å². The molecule has 0 amide bonds. The van der Waals surface area contributed by atoms with Gasteiger partial charge in [0.15, 0.2) is 0 Å². The number of hydrogen-bond acceptors (Lipinski definition) is 1. The smallest absolute Gasteiger partial charge is 0.0375 e. The van der Waals surface area contributed by atoms with Gasteiger partial charge in [-0.2, -0.15) is 0 Å². The first-order valence-electron chi connectivity index (χ1n) is 4.79. The van der Waals surface area contributed by atoms with Gasteiger partial charge in [0.2, 0.25) is 0 Å². The van der Waals surface area contributed by atoms with Crippen LogP contribution in [0.5, 0.6) is 0 Å². The summed E-state index contributed by atoms with van der Waals surface area (Å²) in [6.07, 6.45) is 7.51. The van der Waals surface area contributed by atoms with Crippen molar-refractivity contribution in [1.82, 2.24) is 4.98 Å². The molecule has 0 unspecified atom stereocenters. The highest BCUT2D eigenvalue weighted by molar-refractivity contribution is 5.20. The summed E-state index contributed by atoms with van der Waals surface area (Å²) in [7, 11) is 0. The van der Waals surface area contributed by atoms with Gasteiger partial charge in [0.1, 0.15) is 0 Å². The maximum absolute atomic E-state index is 4.21. The average Bonchev–Trinajstić information content (AvgIpc) is 2.56. The third-order valence-electron chi connectivity index (χ3n) is 2.75. The lowest BCUT2D eigenvalue weighted by Crippen LogP contribution is -1.93. The lowest BCUT2D eigenvalue weighted by molar-refractivity contribution is 0.720. The molecular formula is C11H15N. The van der Waals surface area contributed by atoms with Gasteiger partial charge in [0, 0.05) is 11.9 Å². The first kappa shape index (κ1) is 7.78. The van der Waals surface area contributed by atoms with Crippen LogP contribution in [0.2, 0.25) is 0 Å². The van der Waals surface area contributed by atoms with Gasteiger partial charge < -0.3 is 0 Å². The molecule has 1 aliphatic carbocycles. The zero-order chi connectivity index (χ0) is 8.39. The first-order valence-corrected chi connectivity index (χ1v) is 4.79. The standard InChI is InChI=1S/C11H15N/c1-9-8-11(6-7-12-9)10-4-2-3-5-10/h6-8,10H,2-5H2,1H3. The summed E-state index contributed by atoms with van der Waals surface area (Å²) in [6, 6.07) is 4.40. The summed E-state index contributed by atoms with van der Waals surface area (Å²) in [5, 5.41) is 0. The molecule has 0 radical (unpaired) electrons. The fourth-order valence-corrected chi connectivity index (χ4v) is 2.08. The number of nitrogens with zero attached hydrogens (tertiary/aromatic N) is 1. The van der Waals surface area contributed by atoms with Crippen molar-refractivity contribution in [2.75, 3.05) is 0 Å². The number of rotatable bonds is 1. The third kappa shape index (κ3) is 1.50. The molecule has 64 valence electrons. The van der Waals surface area contributed by atoms with E-state index >= 15 is 0 Å². The Morgan fingerprint density at radius 3 is 2.75 bits per heavy atom. The Hall–Kier alpha value is -0.850. The molecule has 1 heteroatoms. The quantitative estimate of drug-likeness (QED) is 0.617. The predicted octanol–water partition coefficient (Wildman–Crippen LogP) is 3.05. The van der Waals surface area contributed by atoms with Crippen molar-refractivity contribution in [2.45, 2.75) is 38.5 Å². The van der Waals surface area contributed by atoms with Gasteiger partial charge >= 0.3 is 0 Å². The minimum atomic E-state index is 0.826. The Labute approximate surface area is 73.8 Å². The van der Waals surface area contributed by atoms with E-state index in [9.17, 15) is 0 Å². The minimum absolute atomic E-state index is 0.826. The summed E-state index contributed by atoms with van der Waals surface area (Å²) in [5.41, 5.74) is 2.65. The molecule has 12 heavy (non-hydrogen) atoms. The van der Waals surface area contributed by atoms with E-state index in [1.54, 1.807) is 0 Å². The summed E-state index contributed by atoms with van der Waals surface area (Å²) in [4.78, 5) is 4.21. The Balaban J connectivity index is 2.21. The predicted molar refractivity (Wildman–Crippen MR) is 50.2 cm³/mol. The fourth-order valence-electron chi connectivity index (χ4n) is 2.08. The largest absolute Gasteiger partial charge is 0.262 e. The number of aryl methyl sites for hydroxylation is 1. The van der Waals surface area contributed by atoms with E-state index in [0.29, 0.717) is 0 Å². The normalized spacial score (nSPS) is 18.4. The monoisotopic (exact) mass is 161 g/mol. The van der Waals surface area contributed by atoms with Gasteiger partial charge in [-0.1, -0.05) is 12.8 Å². The van der Waals surface area contributed by atoms with E-state index in [1.165, 1.54) is 31.2 Å². The van der Waals surface area contributed by atoms with Gasteiger partial charge in [0.25, 0.3) is 0 Å². The van der Waals surface area contributed by atoms with E-state index in [1.807, 2.05) is 6.20 Å². The van der Waals surface area contributed by atoms with Crippen molar-refractivity contribution in [2.24, 2.45) is 0 Å². The molecule has 1 heterocycles. The maximum Gasteiger partial charge on any atom is 0.0375 e. The number of hydrogen-bond donors (Lipinski definition) is 0. The van der Waals surface area contributed by atoms with Gasteiger partial charge in [-0.15, -0.1) is 0 Å². The van der Waals surface area contributed by atoms with Crippen LogP contribution in [0.3, 0.4) is 0 Å². The topological polar surface area (TPSA) is 12.9 Å². The summed E-state index contributed by atoms with van der Waals surface area (Å²) in [5.74, 6) is 0.826. The molecule has 0 bridgehead atoms. The third-order valence-corrected chi connectivity index (χ3v) is 2.75. The molecule has 1 aromatic rings. The molecule has 1 aromatic heterocycles. The number of pyridine rings is 1. The Morgan fingerprint density at radius 1 is 1.33 bits per heavy atom. The van der Waals surface area contributed by atoms with E-state index in [-0.39, 0.29) is 0 Å². The Kier molecular flexibility index (Phi) is 2.11. The molecule has 1 aliphatic rings. The first-order chi connectivity index (χ1) is 5.86. The van der Waals surface area contributed by atoms with E-state index < -0.39 is 0 Å². The van der Waals surface area contributed by atoms with Gasteiger partial charge in [-0.3, -0.25) is 4.98 Å². The second-order valence-corrected chi connectivity index (χ2v) is 3.71. The molecule has 1 fully saturated rings. The summed E-state index contributed by atoms with van der Waals surface area (Å²) in [6.45, 7) is 2.07. The summed E-state index contributed by atoms with van der Waals surface area (Å²) >= 11 is 0. The van der Waals surface area contributed by atoms with E-state index in [2.05, 4.69) is 24.0 Å². The van der Waals surface area contributed by atoms with Crippen molar-refractivity contribution in [3.05, 3.63) is 29.6 Å². The highest BCUT2D eigenvalue weighted by Crippen LogP contribution is 2.33. The van der Waals surface area contributed by atoms with Crippen molar-refractivity contribution >= 4 is 0 Å². The molecule has 0 spiro atoms.